The zero-order valence-electron chi connectivity index (χ0n) is 11.9. The third kappa shape index (κ3) is 2.63. The van der Waals surface area contributed by atoms with Crippen molar-refractivity contribution in [2.24, 2.45) is 0 Å². The molecule has 1 amide bonds. The summed E-state index contributed by atoms with van der Waals surface area (Å²) in [6.07, 6.45) is 6.53. The first-order valence-corrected chi connectivity index (χ1v) is 7.46. The van der Waals surface area contributed by atoms with Crippen molar-refractivity contribution >= 4 is 11.6 Å². The SMILES string of the molecule is CNc1ccc(C(=O)NC2CCN3CCCCC23)nc1. The number of carbonyl (C=O) groups excluding carboxylic acids is 1. The van der Waals surface area contributed by atoms with Gasteiger partial charge in [-0.3, -0.25) is 9.69 Å². The first kappa shape index (κ1) is 13.4. The summed E-state index contributed by atoms with van der Waals surface area (Å²) in [6, 6.07) is 4.47. The van der Waals surface area contributed by atoms with Gasteiger partial charge in [-0.2, -0.15) is 0 Å². The molecule has 0 radical (unpaired) electrons. The van der Waals surface area contributed by atoms with Crippen molar-refractivity contribution in [3.05, 3.63) is 24.0 Å². The van der Waals surface area contributed by atoms with Gasteiger partial charge in [-0.1, -0.05) is 6.42 Å². The Kier molecular flexibility index (Phi) is 3.87. The average molecular weight is 274 g/mol. The van der Waals surface area contributed by atoms with Crippen LogP contribution in [0.2, 0.25) is 0 Å². The first-order valence-electron chi connectivity index (χ1n) is 7.46. The molecule has 1 aromatic heterocycles. The van der Waals surface area contributed by atoms with Crippen LogP contribution in [0.4, 0.5) is 5.69 Å². The highest BCUT2D eigenvalue weighted by atomic mass is 16.2. The van der Waals surface area contributed by atoms with Crippen molar-refractivity contribution in [2.75, 3.05) is 25.5 Å². The molecule has 0 spiro atoms. The highest BCUT2D eigenvalue weighted by molar-refractivity contribution is 5.92. The van der Waals surface area contributed by atoms with Gasteiger partial charge in [-0.15, -0.1) is 0 Å². The van der Waals surface area contributed by atoms with Crippen LogP contribution >= 0.6 is 0 Å². The summed E-state index contributed by atoms with van der Waals surface area (Å²) in [5, 5.41) is 6.17. The summed E-state index contributed by atoms with van der Waals surface area (Å²) in [5.74, 6) is -0.0509. The number of piperidine rings is 1. The predicted octanol–water partition coefficient (Wildman–Crippen LogP) is 1.48. The molecule has 5 nitrogen and oxygen atoms in total. The fourth-order valence-corrected chi connectivity index (χ4v) is 3.33. The van der Waals surface area contributed by atoms with Gasteiger partial charge in [0, 0.05) is 25.7 Å². The second-order valence-corrected chi connectivity index (χ2v) is 5.65. The smallest absolute Gasteiger partial charge is 0.270 e. The molecule has 2 aliphatic rings. The molecule has 2 N–H and O–H groups in total. The highest BCUT2D eigenvalue weighted by Crippen LogP contribution is 2.27. The van der Waals surface area contributed by atoms with Crippen LogP contribution in [-0.2, 0) is 0 Å². The maximum absolute atomic E-state index is 12.3. The summed E-state index contributed by atoms with van der Waals surface area (Å²) >= 11 is 0. The predicted molar refractivity (Wildman–Crippen MR) is 78.9 cm³/mol. The summed E-state index contributed by atoms with van der Waals surface area (Å²) in [6.45, 7) is 2.30. The Labute approximate surface area is 119 Å². The molecule has 2 atom stereocenters. The van der Waals surface area contributed by atoms with Crippen LogP contribution in [0.25, 0.3) is 0 Å². The van der Waals surface area contributed by atoms with E-state index in [9.17, 15) is 4.79 Å². The molecule has 2 aliphatic heterocycles. The Morgan fingerprint density at radius 1 is 1.30 bits per heavy atom. The fraction of sp³-hybridized carbons (Fsp3) is 0.600. The highest BCUT2D eigenvalue weighted by Gasteiger charge is 2.36. The standard InChI is InChI=1S/C15H22N4O/c1-16-11-5-6-13(17-10-11)15(20)18-12-7-9-19-8-3-2-4-14(12)19/h5-6,10,12,14,16H,2-4,7-9H2,1H3,(H,18,20). The third-order valence-corrected chi connectivity index (χ3v) is 4.46. The minimum atomic E-state index is -0.0509. The van der Waals surface area contributed by atoms with Crippen LogP contribution in [0.1, 0.15) is 36.2 Å². The molecule has 0 aromatic carbocycles. The van der Waals surface area contributed by atoms with E-state index in [4.69, 9.17) is 0 Å². The molecule has 3 heterocycles. The Morgan fingerprint density at radius 2 is 2.20 bits per heavy atom. The van der Waals surface area contributed by atoms with Gasteiger partial charge in [0.25, 0.3) is 5.91 Å². The normalized spacial score (nSPS) is 26.1. The minimum absolute atomic E-state index is 0.0509. The van der Waals surface area contributed by atoms with E-state index in [2.05, 4.69) is 20.5 Å². The van der Waals surface area contributed by atoms with Crippen LogP contribution < -0.4 is 10.6 Å². The molecule has 20 heavy (non-hydrogen) atoms. The monoisotopic (exact) mass is 274 g/mol. The van der Waals surface area contributed by atoms with Crippen molar-refractivity contribution in [1.82, 2.24) is 15.2 Å². The van der Waals surface area contributed by atoms with Crippen LogP contribution in [0.5, 0.6) is 0 Å². The molecular formula is C15H22N4O. The average Bonchev–Trinajstić information content (AvgIpc) is 2.91. The number of anilines is 1. The van der Waals surface area contributed by atoms with Crippen LogP contribution in [-0.4, -0.2) is 48.0 Å². The number of nitrogens with zero attached hydrogens (tertiary/aromatic N) is 2. The molecular weight excluding hydrogens is 252 g/mol. The Hall–Kier alpha value is -1.62. The zero-order chi connectivity index (χ0) is 13.9. The molecule has 0 saturated carbocycles. The number of aromatic nitrogens is 1. The van der Waals surface area contributed by atoms with Gasteiger partial charge in [0.2, 0.25) is 0 Å². The summed E-state index contributed by atoms with van der Waals surface area (Å²) in [5.41, 5.74) is 1.42. The number of amides is 1. The Balaban J connectivity index is 1.63. The van der Waals surface area contributed by atoms with E-state index in [1.165, 1.54) is 25.8 Å². The zero-order valence-corrected chi connectivity index (χ0v) is 11.9. The van der Waals surface area contributed by atoms with Crippen molar-refractivity contribution in [3.63, 3.8) is 0 Å². The summed E-state index contributed by atoms with van der Waals surface area (Å²) in [4.78, 5) is 19.0. The van der Waals surface area contributed by atoms with E-state index in [0.717, 1.165) is 18.7 Å². The largest absolute Gasteiger partial charge is 0.387 e. The van der Waals surface area contributed by atoms with Crippen LogP contribution in [0.3, 0.4) is 0 Å². The van der Waals surface area contributed by atoms with Gasteiger partial charge in [0.1, 0.15) is 5.69 Å². The molecule has 5 heteroatoms. The molecule has 2 fully saturated rings. The van der Waals surface area contributed by atoms with E-state index < -0.39 is 0 Å². The molecule has 1 aromatic rings. The van der Waals surface area contributed by atoms with Crippen molar-refractivity contribution in [3.8, 4) is 0 Å². The van der Waals surface area contributed by atoms with E-state index in [1.54, 1.807) is 12.3 Å². The number of nitrogens with one attached hydrogen (secondary N) is 2. The minimum Gasteiger partial charge on any atom is -0.387 e. The molecule has 3 rings (SSSR count). The Morgan fingerprint density at radius 3 is 2.95 bits per heavy atom. The van der Waals surface area contributed by atoms with Crippen molar-refractivity contribution < 1.29 is 4.79 Å². The van der Waals surface area contributed by atoms with Gasteiger partial charge in [0.05, 0.1) is 11.9 Å². The van der Waals surface area contributed by atoms with E-state index >= 15 is 0 Å². The van der Waals surface area contributed by atoms with E-state index in [-0.39, 0.29) is 11.9 Å². The summed E-state index contributed by atoms with van der Waals surface area (Å²) in [7, 11) is 1.84. The second-order valence-electron chi connectivity index (χ2n) is 5.65. The van der Waals surface area contributed by atoms with Crippen molar-refractivity contribution in [1.29, 1.82) is 0 Å². The van der Waals surface area contributed by atoms with Gasteiger partial charge in [-0.05, 0) is 37.9 Å². The molecule has 0 aliphatic carbocycles. The summed E-state index contributed by atoms with van der Waals surface area (Å²) < 4.78 is 0. The van der Waals surface area contributed by atoms with Gasteiger partial charge in [-0.25, -0.2) is 4.98 Å². The lowest BCUT2D eigenvalue weighted by molar-refractivity contribution is 0.0910. The third-order valence-electron chi connectivity index (χ3n) is 4.46. The van der Waals surface area contributed by atoms with Crippen LogP contribution in [0, 0.1) is 0 Å². The lowest BCUT2D eigenvalue weighted by Gasteiger charge is -2.32. The maximum Gasteiger partial charge on any atom is 0.270 e. The molecule has 0 bridgehead atoms. The van der Waals surface area contributed by atoms with E-state index in [0.29, 0.717) is 11.7 Å². The number of rotatable bonds is 3. The number of hydrogen-bond acceptors (Lipinski definition) is 4. The number of carbonyl (C=O) groups is 1. The number of pyridine rings is 1. The van der Waals surface area contributed by atoms with E-state index in [1.807, 2.05) is 13.1 Å². The van der Waals surface area contributed by atoms with Gasteiger partial charge >= 0.3 is 0 Å². The van der Waals surface area contributed by atoms with Gasteiger partial charge in [0.15, 0.2) is 0 Å². The topological polar surface area (TPSA) is 57.3 Å². The lowest BCUT2D eigenvalue weighted by atomic mass is 9.99. The first-order chi connectivity index (χ1) is 9.78. The molecule has 2 unspecified atom stereocenters. The second kappa shape index (κ2) is 5.79. The molecule has 108 valence electrons. The number of hydrogen-bond donors (Lipinski definition) is 2. The Bertz CT molecular complexity index is 473. The molecule has 2 saturated heterocycles. The van der Waals surface area contributed by atoms with Crippen LogP contribution in [0.15, 0.2) is 18.3 Å². The number of fused-ring (bicyclic) bond motifs is 1. The lowest BCUT2D eigenvalue weighted by Crippen LogP contribution is -2.46. The fourth-order valence-electron chi connectivity index (χ4n) is 3.33. The maximum atomic E-state index is 12.3. The van der Waals surface area contributed by atoms with Gasteiger partial charge < -0.3 is 10.6 Å². The van der Waals surface area contributed by atoms with Crippen molar-refractivity contribution in [2.45, 2.75) is 37.8 Å². The quantitative estimate of drug-likeness (QED) is 0.876.